The van der Waals surface area contributed by atoms with Gasteiger partial charge in [0.05, 0.1) is 16.8 Å². The Hall–Kier alpha value is -7.12. The molecule has 51 heavy (non-hydrogen) atoms. The lowest BCUT2D eigenvalue weighted by Crippen LogP contribution is -2.00. The van der Waals surface area contributed by atoms with Crippen LogP contribution in [-0.4, -0.2) is 24.5 Å². The van der Waals surface area contributed by atoms with E-state index in [0.29, 0.717) is 23.1 Å². The lowest BCUT2D eigenvalue weighted by atomic mass is 10.0. The van der Waals surface area contributed by atoms with Crippen molar-refractivity contribution >= 4 is 65.8 Å². The molecule has 7 nitrogen and oxygen atoms in total. The number of benzene rings is 6. The molecule has 0 bridgehead atoms. The van der Waals surface area contributed by atoms with Crippen molar-refractivity contribution in [3.8, 4) is 39.9 Å². The minimum absolute atomic E-state index is 0.522. The number of pyridine rings is 1. The molecule has 0 atom stereocenters. The normalized spacial score (nSPS) is 11.9. The van der Waals surface area contributed by atoms with Crippen LogP contribution in [0.1, 0.15) is 0 Å². The summed E-state index contributed by atoms with van der Waals surface area (Å²) >= 11 is 0. The zero-order valence-corrected chi connectivity index (χ0v) is 27.0. The van der Waals surface area contributed by atoms with E-state index < -0.39 is 0 Å². The highest BCUT2D eigenvalue weighted by Gasteiger charge is 2.22. The fraction of sp³-hybridized carbons (Fsp3) is 0. The molecular formula is C44H25N5O2. The van der Waals surface area contributed by atoms with Crippen LogP contribution in [-0.2, 0) is 0 Å². The van der Waals surface area contributed by atoms with E-state index in [0.717, 1.165) is 82.6 Å². The Bertz CT molecular complexity index is 3100. The maximum atomic E-state index is 6.93. The summed E-state index contributed by atoms with van der Waals surface area (Å²) in [5.41, 5.74) is 8.47. The molecule has 0 aliphatic carbocycles. The van der Waals surface area contributed by atoms with E-state index in [4.69, 9.17) is 28.8 Å². The zero-order chi connectivity index (χ0) is 33.5. The average Bonchev–Trinajstić information content (AvgIpc) is 3.88. The minimum Gasteiger partial charge on any atom is -0.456 e. The van der Waals surface area contributed by atoms with Crippen LogP contribution in [0.25, 0.3) is 106 Å². The van der Waals surface area contributed by atoms with Gasteiger partial charge in [0.15, 0.2) is 23.1 Å². The molecule has 0 aliphatic heterocycles. The molecular weight excluding hydrogens is 631 g/mol. The highest BCUT2D eigenvalue weighted by atomic mass is 16.3. The van der Waals surface area contributed by atoms with Crippen molar-refractivity contribution in [1.82, 2.24) is 24.5 Å². The molecule has 238 valence electrons. The molecule has 5 aromatic heterocycles. The maximum Gasteiger partial charge on any atom is 0.167 e. The van der Waals surface area contributed by atoms with E-state index in [1.165, 1.54) is 0 Å². The molecule has 7 heteroatoms. The van der Waals surface area contributed by atoms with Crippen molar-refractivity contribution in [1.29, 1.82) is 0 Å². The quantitative estimate of drug-likeness (QED) is 0.188. The van der Waals surface area contributed by atoms with Crippen LogP contribution in [0.3, 0.4) is 0 Å². The van der Waals surface area contributed by atoms with Crippen molar-refractivity contribution < 1.29 is 8.83 Å². The van der Waals surface area contributed by atoms with Crippen molar-refractivity contribution in [2.75, 3.05) is 0 Å². The number of aromatic nitrogens is 5. The average molecular weight is 656 g/mol. The molecule has 0 unspecified atom stereocenters. The monoisotopic (exact) mass is 655 g/mol. The van der Waals surface area contributed by atoms with E-state index in [9.17, 15) is 0 Å². The third-order valence-electron chi connectivity index (χ3n) is 9.73. The Morgan fingerprint density at radius 1 is 0.431 bits per heavy atom. The van der Waals surface area contributed by atoms with Crippen LogP contribution < -0.4 is 0 Å². The van der Waals surface area contributed by atoms with E-state index in [2.05, 4.69) is 65.2 Å². The lowest BCUT2D eigenvalue weighted by Gasteiger charge is -2.09. The third-order valence-corrected chi connectivity index (χ3v) is 9.73. The topological polar surface area (TPSA) is 82.8 Å². The Balaban J connectivity index is 1.18. The lowest BCUT2D eigenvalue weighted by molar-refractivity contribution is 0.666. The van der Waals surface area contributed by atoms with Gasteiger partial charge in [0, 0.05) is 49.6 Å². The molecule has 0 N–H and O–H groups in total. The van der Waals surface area contributed by atoms with Gasteiger partial charge in [-0.1, -0.05) is 103 Å². The molecule has 0 saturated carbocycles. The number of hydrogen-bond acceptors (Lipinski definition) is 6. The van der Waals surface area contributed by atoms with E-state index in [1.54, 1.807) is 0 Å². The number of fused-ring (bicyclic) bond motifs is 9. The van der Waals surface area contributed by atoms with Gasteiger partial charge in [-0.3, -0.25) is 4.57 Å². The molecule has 11 rings (SSSR count). The van der Waals surface area contributed by atoms with Crippen LogP contribution >= 0.6 is 0 Å². The molecule has 0 radical (unpaired) electrons. The summed E-state index contributed by atoms with van der Waals surface area (Å²) in [5, 5.41) is 6.19. The highest BCUT2D eigenvalue weighted by molar-refractivity contribution is 6.14. The van der Waals surface area contributed by atoms with Gasteiger partial charge in [0.25, 0.3) is 0 Å². The van der Waals surface area contributed by atoms with Crippen LogP contribution in [0.4, 0.5) is 0 Å². The summed E-state index contributed by atoms with van der Waals surface area (Å²) in [5.74, 6) is 1.65. The van der Waals surface area contributed by atoms with Crippen LogP contribution in [0.2, 0.25) is 0 Å². The van der Waals surface area contributed by atoms with Gasteiger partial charge in [0.2, 0.25) is 0 Å². The largest absolute Gasteiger partial charge is 0.456 e. The number of nitrogens with zero attached hydrogens (tertiary/aromatic N) is 5. The Morgan fingerprint density at radius 3 is 1.98 bits per heavy atom. The molecule has 0 amide bonds. The second-order valence-corrected chi connectivity index (χ2v) is 12.6. The molecule has 6 aromatic carbocycles. The number of hydrogen-bond donors (Lipinski definition) is 0. The standard InChI is InChI=1S/C44H25N5O2/c1-2-12-26(13-3-1)41-46-42(32-18-10-24-37-38(32)31-15-5-7-23-36(31)50-37)48-43(47-41)33-19-8-16-28-29-17-9-22-35(40(29)51-39(28)33)49-34-21-6-4-14-27(34)30-20-11-25-45-44(30)49/h1-25H. The molecule has 11 aromatic rings. The molecule has 0 spiro atoms. The van der Waals surface area contributed by atoms with Crippen LogP contribution in [0, 0.1) is 0 Å². The predicted molar refractivity (Wildman–Crippen MR) is 203 cm³/mol. The van der Waals surface area contributed by atoms with E-state index in [1.807, 2.05) is 91.1 Å². The Morgan fingerprint density at radius 2 is 1.08 bits per heavy atom. The molecule has 0 saturated heterocycles. The van der Waals surface area contributed by atoms with Gasteiger partial charge >= 0.3 is 0 Å². The van der Waals surface area contributed by atoms with Crippen LogP contribution in [0.5, 0.6) is 0 Å². The zero-order valence-electron chi connectivity index (χ0n) is 27.0. The van der Waals surface area contributed by atoms with Gasteiger partial charge < -0.3 is 8.83 Å². The number of para-hydroxylation sites is 4. The second kappa shape index (κ2) is 10.7. The molecule has 5 heterocycles. The fourth-order valence-corrected chi connectivity index (χ4v) is 7.49. The molecule has 0 fully saturated rings. The van der Waals surface area contributed by atoms with Crippen molar-refractivity contribution in [3.05, 3.63) is 152 Å². The van der Waals surface area contributed by atoms with Gasteiger partial charge in [0.1, 0.15) is 22.4 Å². The van der Waals surface area contributed by atoms with Gasteiger partial charge in [-0.2, -0.15) is 0 Å². The van der Waals surface area contributed by atoms with Gasteiger partial charge in [-0.05, 0) is 42.5 Å². The fourth-order valence-electron chi connectivity index (χ4n) is 7.49. The van der Waals surface area contributed by atoms with Crippen LogP contribution in [0.15, 0.2) is 161 Å². The summed E-state index contributed by atoms with van der Waals surface area (Å²) in [6, 6.07) is 49.0. The number of rotatable bonds is 4. The minimum atomic E-state index is 0.522. The van der Waals surface area contributed by atoms with Crippen molar-refractivity contribution in [2.45, 2.75) is 0 Å². The first-order chi connectivity index (χ1) is 25.3. The third kappa shape index (κ3) is 4.12. The van der Waals surface area contributed by atoms with E-state index >= 15 is 0 Å². The highest BCUT2D eigenvalue weighted by Crippen LogP contribution is 2.41. The van der Waals surface area contributed by atoms with E-state index in [-0.39, 0.29) is 0 Å². The van der Waals surface area contributed by atoms with Gasteiger partial charge in [-0.25, -0.2) is 19.9 Å². The maximum absolute atomic E-state index is 6.93. The SMILES string of the molecule is c1ccc(-c2nc(-c3cccc4c3oc3c(-n5c6ccccc6c6cccnc65)cccc34)nc(-c3cccc4oc5ccccc5c34)n2)cc1. The Kier molecular flexibility index (Phi) is 5.83. The summed E-state index contributed by atoms with van der Waals surface area (Å²) in [7, 11) is 0. The Labute approximate surface area is 290 Å². The first-order valence-electron chi connectivity index (χ1n) is 16.8. The second-order valence-electron chi connectivity index (χ2n) is 12.6. The summed E-state index contributed by atoms with van der Waals surface area (Å²) < 4.78 is 15.4. The summed E-state index contributed by atoms with van der Waals surface area (Å²) in [6.07, 6.45) is 1.84. The van der Waals surface area contributed by atoms with Gasteiger partial charge in [-0.15, -0.1) is 0 Å². The molecule has 0 aliphatic rings. The van der Waals surface area contributed by atoms with Crippen molar-refractivity contribution in [2.24, 2.45) is 0 Å². The van der Waals surface area contributed by atoms with Crippen molar-refractivity contribution in [3.63, 3.8) is 0 Å². The predicted octanol–water partition coefficient (Wildman–Crippen LogP) is 11.2. The summed E-state index contributed by atoms with van der Waals surface area (Å²) in [4.78, 5) is 20.1. The number of furan rings is 2. The first kappa shape index (κ1) is 27.8. The summed E-state index contributed by atoms with van der Waals surface area (Å²) in [6.45, 7) is 0. The smallest absolute Gasteiger partial charge is 0.167 e. The first-order valence-corrected chi connectivity index (χ1v) is 16.8.